The molecule has 3 saturated carbocycles. The number of fused-ring (bicyclic) bond motifs is 16. The molecule has 0 saturated heterocycles. The number of hydrogen-bond donors (Lipinski definition) is 0. The van der Waals surface area contributed by atoms with E-state index in [9.17, 15) is 0 Å². The van der Waals surface area contributed by atoms with Crippen molar-refractivity contribution in [3.05, 3.63) is 161 Å². The van der Waals surface area contributed by atoms with Gasteiger partial charge < -0.3 is 4.90 Å². The standard InChI is InChI=1S/C55H53N/c1-4-36-30-35-14-13-15-37(31-35)55(36)50-21-10-7-17-42(50)45-26-23-40(34-52(45)55)56(39-22-25-44-41-16-5-8-19-47(41)53(2,3)51(44)33-39)38-24-27-49-46(32-38)43-18-6-9-20-48(43)54(49)28-11-12-29-54/h5-10,16-27,32-37H,4,11-15,28-31H2,1-3H3. The van der Waals surface area contributed by atoms with Crippen LogP contribution in [0.3, 0.4) is 0 Å². The van der Waals surface area contributed by atoms with E-state index in [1.54, 1.807) is 22.3 Å². The third-order valence-corrected chi connectivity index (χ3v) is 16.3. The van der Waals surface area contributed by atoms with Gasteiger partial charge in [0, 0.05) is 33.3 Å². The summed E-state index contributed by atoms with van der Waals surface area (Å²) in [4.78, 5) is 2.63. The summed E-state index contributed by atoms with van der Waals surface area (Å²) < 4.78 is 0. The summed E-state index contributed by atoms with van der Waals surface area (Å²) in [6, 6.07) is 50.5. The highest BCUT2D eigenvalue weighted by molar-refractivity contribution is 5.91. The molecule has 56 heavy (non-hydrogen) atoms. The average Bonchev–Trinajstić information content (AvgIpc) is 3.97. The van der Waals surface area contributed by atoms with Crippen LogP contribution in [0.25, 0.3) is 33.4 Å². The Kier molecular flexibility index (Phi) is 7.03. The van der Waals surface area contributed by atoms with Crippen LogP contribution >= 0.6 is 0 Å². The lowest BCUT2D eigenvalue weighted by molar-refractivity contribution is 0.0557. The van der Waals surface area contributed by atoms with Crippen molar-refractivity contribution < 1.29 is 0 Å². The zero-order valence-corrected chi connectivity index (χ0v) is 33.4. The molecule has 0 radical (unpaired) electrons. The molecule has 0 heterocycles. The summed E-state index contributed by atoms with van der Waals surface area (Å²) in [6.45, 7) is 7.32. The molecule has 6 aliphatic carbocycles. The molecule has 6 aromatic carbocycles. The van der Waals surface area contributed by atoms with Gasteiger partial charge in [-0.3, -0.25) is 0 Å². The molecule has 4 atom stereocenters. The van der Waals surface area contributed by atoms with Gasteiger partial charge in [-0.15, -0.1) is 0 Å². The molecular weight excluding hydrogens is 675 g/mol. The largest absolute Gasteiger partial charge is 0.310 e. The van der Waals surface area contributed by atoms with Crippen LogP contribution in [0.1, 0.15) is 118 Å². The van der Waals surface area contributed by atoms with Crippen molar-refractivity contribution in [3.8, 4) is 33.4 Å². The van der Waals surface area contributed by atoms with Crippen LogP contribution in [0.4, 0.5) is 17.1 Å². The van der Waals surface area contributed by atoms with Gasteiger partial charge in [0.15, 0.2) is 0 Å². The van der Waals surface area contributed by atoms with Crippen molar-refractivity contribution in [2.75, 3.05) is 4.90 Å². The fraction of sp³-hybridized carbons (Fsp3) is 0.345. The highest BCUT2D eigenvalue weighted by Crippen LogP contribution is 2.65. The normalized spacial score (nSPS) is 25.0. The Morgan fingerprint density at radius 3 is 1.79 bits per heavy atom. The van der Waals surface area contributed by atoms with Gasteiger partial charge in [-0.2, -0.15) is 0 Å². The maximum Gasteiger partial charge on any atom is 0.0468 e. The van der Waals surface area contributed by atoms with Gasteiger partial charge in [-0.05, 0) is 153 Å². The third kappa shape index (κ3) is 4.22. The highest BCUT2D eigenvalue weighted by Gasteiger charge is 2.56. The molecule has 0 amide bonds. The topological polar surface area (TPSA) is 3.24 Å². The first-order valence-electron chi connectivity index (χ1n) is 22.0. The van der Waals surface area contributed by atoms with Gasteiger partial charge in [0.1, 0.15) is 0 Å². The van der Waals surface area contributed by atoms with Gasteiger partial charge in [-0.25, -0.2) is 0 Å². The van der Waals surface area contributed by atoms with E-state index in [2.05, 4.69) is 153 Å². The predicted molar refractivity (Wildman–Crippen MR) is 233 cm³/mol. The van der Waals surface area contributed by atoms with Gasteiger partial charge in [0.2, 0.25) is 0 Å². The summed E-state index contributed by atoms with van der Waals surface area (Å²) >= 11 is 0. The number of hydrogen-bond acceptors (Lipinski definition) is 1. The second-order valence-corrected chi connectivity index (χ2v) is 19.0. The summed E-state index contributed by atoms with van der Waals surface area (Å²) in [5.41, 5.74) is 21.8. The average molecular weight is 728 g/mol. The molecule has 2 bridgehead atoms. The lowest BCUT2D eigenvalue weighted by Gasteiger charge is -2.54. The van der Waals surface area contributed by atoms with Gasteiger partial charge in [0.25, 0.3) is 0 Å². The SMILES string of the molecule is CCC1CC2CCCC(C2)C12c1ccccc1-c1ccc(N(c3ccc4c(c3)-c3ccccc3C43CCCC3)c3ccc4c(c3)C(C)(C)c3ccccc3-4)cc12. The molecule has 0 aliphatic heterocycles. The quantitative estimate of drug-likeness (QED) is 0.175. The van der Waals surface area contributed by atoms with Gasteiger partial charge in [-0.1, -0.05) is 144 Å². The van der Waals surface area contributed by atoms with Gasteiger partial charge in [0.05, 0.1) is 0 Å². The molecule has 2 spiro atoms. The summed E-state index contributed by atoms with van der Waals surface area (Å²) in [5, 5.41) is 0. The first-order chi connectivity index (χ1) is 27.4. The molecule has 6 aliphatic rings. The van der Waals surface area contributed by atoms with Crippen molar-refractivity contribution in [1.82, 2.24) is 0 Å². The minimum atomic E-state index is -0.0725. The second kappa shape index (κ2) is 11.8. The van der Waals surface area contributed by atoms with E-state index in [4.69, 9.17) is 0 Å². The van der Waals surface area contributed by atoms with E-state index in [0.29, 0.717) is 11.8 Å². The summed E-state index contributed by atoms with van der Waals surface area (Å²) in [7, 11) is 0. The van der Waals surface area contributed by atoms with Crippen LogP contribution in [0.15, 0.2) is 127 Å². The maximum atomic E-state index is 2.68. The Hall–Kier alpha value is -4.88. The van der Waals surface area contributed by atoms with Crippen LogP contribution in [0, 0.1) is 17.8 Å². The minimum absolute atomic E-state index is 0.0725. The molecule has 0 aromatic heterocycles. The monoisotopic (exact) mass is 727 g/mol. The van der Waals surface area contributed by atoms with Crippen LogP contribution in [-0.2, 0) is 16.2 Å². The molecular formula is C55H53N. The van der Waals surface area contributed by atoms with Crippen LogP contribution in [-0.4, -0.2) is 0 Å². The predicted octanol–water partition coefficient (Wildman–Crippen LogP) is 14.8. The number of anilines is 3. The van der Waals surface area contributed by atoms with E-state index in [1.807, 2.05) is 0 Å². The summed E-state index contributed by atoms with van der Waals surface area (Å²) in [5.74, 6) is 2.25. The Morgan fingerprint density at radius 2 is 1.05 bits per heavy atom. The number of rotatable bonds is 4. The van der Waals surface area contributed by atoms with E-state index in [0.717, 1.165) is 5.92 Å². The molecule has 0 N–H and O–H groups in total. The zero-order valence-electron chi connectivity index (χ0n) is 33.4. The Morgan fingerprint density at radius 1 is 0.500 bits per heavy atom. The Bertz CT molecular complexity index is 2580. The molecule has 278 valence electrons. The first kappa shape index (κ1) is 33.3. The molecule has 1 heteroatoms. The molecule has 1 nitrogen and oxygen atoms in total. The van der Waals surface area contributed by atoms with Crippen molar-refractivity contribution in [1.29, 1.82) is 0 Å². The van der Waals surface area contributed by atoms with Crippen molar-refractivity contribution in [3.63, 3.8) is 0 Å². The van der Waals surface area contributed by atoms with Crippen LogP contribution in [0.5, 0.6) is 0 Å². The van der Waals surface area contributed by atoms with Crippen molar-refractivity contribution in [2.24, 2.45) is 17.8 Å². The zero-order chi connectivity index (χ0) is 37.4. The van der Waals surface area contributed by atoms with Crippen molar-refractivity contribution in [2.45, 2.75) is 101 Å². The van der Waals surface area contributed by atoms with E-state index >= 15 is 0 Å². The second-order valence-electron chi connectivity index (χ2n) is 19.0. The lowest BCUT2D eigenvalue weighted by Crippen LogP contribution is -2.48. The fourth-order valence-electron chi connectivity index (χ4n) is 14.1. The first-order valence-corrected chi connectivity index (χ1v) is 22.0. The lowest BCUT2D eigenvalue weighted by atomic mass is 9.50. The van der Waals surface area contributed by atoms with Gasteiger partial charge >= 0.3 is 0 Å². The van der Waals surface area contributed by atoms with Crippen LogP contribution in [0.2, 0.25) is 0 Å². The van der Waals surface area contributed by atoms with Crippen molar-refractivity contribution >= 4 is 17.1 Å². The van der Waals surface area contributed by atoms with E-state index in [1.165, 1.54) is 126 Å². The third-order valence-electron chi connectivity index (χ3n) is 16.3. The Balaban J connectivity index is 1.09. The number of benzene rings is 6. The smallest absolute Gasteiger partial charge is 0.0468 e. The number of nitrogens with zero attached hydrogens (tertiary/aromatic N) is 1. The molecule has 12 rings (SSSR count). The fourth-order valence-corrected chi connectivity index (χ4v) is 14.1. The minimum Gasteiger partial charge on any atom is -0.310 e. The van der Waals surface area contributed by atoms with E-state index in [-0.39, 0.29) is 16.2 Å². The molecule has 3 fully saturated rings. The summed E-state index contributed by atoms with van der Waals surface area (Å²) in [6.07, 6.45) is 13.3. The highest BCUT2D eigenvalue weighted by atomic mass is 15.1. The van der Waals surface area contributed by atoms with E-state index < -0.39 is 0 Å². The maximum absolute atomic E-state index is 2.68. The molecule has 6 aromatic rings. The van der Waals surface area contributed by atoms with Crippen LogP contribution < -0.4 is 4.90 Å². The Labute approximate surface area is 333 Å². The molecule has 4 unspecified atom stereocenters.